The Labute approximate surface area is 126 Å². The first-order valence-electron chi connectivity index (χ1n) is 7.09. The van der Waals surface area contributed by atoms with E-state index in [0.717, 1.165) is 0 Å². The minimum Gasteiger partial charge on any atom is -0.327 e. The Morgan fingerprint density at radius 2 is 1.43 bits per heavy atom. The van der Waals surface area contributed by atoms with Crippen molar-refractivity contribution in [1.29, 1.82) is 0 Å². The molecule has 0 fully saturated rings. The second-order valence-electron chi connectivity index (χ2n) is 6.42. The topological polar surface area (TPSA) is 84.2 Å². The first kappa shape index (κ1) is 17.2. The van der Waals surface area contributed by atoms with Crippen LogP contribution in [0.2, 0.25) is 0 Å². The highest BCUT2D eigenvalue weighted by molar-refractivity contribution is 5.95. The molecular weight excluding hydrogens is 266 g/mol. The average molecular weight is 291 g/mol. The maximum Gasteiger partial charge on any atom is 0.229 e. The number of amides is 2. The van der Waals surface area contributed by atoms with Crippen molar-refractivity contribution in [3.8, 4) is 0 Å². The monoisotopic (exact) mass is 291 g/mol. The van der Waals surface area contributed by atoms with Gasteiger partial charge in [-0.1, -0.05) is 27.7 Å². The van der Waals surface area contributed by atoms with E-state index < -0.39 is 5.41 Å². The highest BCUT2D eigenvalue weighted by atomic mass is 16.2. The predicted octanol–water partition coefficient (Wildman–Crippen LogP) is 2.59. The number of anilines is 2. The molecule has 0 saturated heterocycles. The highest BCUT2D eigenvalue weighted by Gasteiger charge is 2.21. The van der Waals surface area contributed by atoms with Gasteiger partial charge in [-0.3, -0.25) is 9.59 Å². The zero-order chi connectivity index (χ0) is 16.2. The fraction of sp³-hybridized carbons (Fsp3) is 0.500. The van der Waals surface area contributed by atoms with Crippen molar-refractivity contribution in [1.82, 2.24) is 0 Å². The number of rotatable bonds is 4. The van der Waals surface area contributed by atoms with Crippen LogP contribution in [-0.4, -0.2) is 17.9 Å². The summed E-state index contributed by atoms with van der Waals surface area (Å²) in [6.07, 6.45) is 0. The van der Waals surface area contributed by atoms with E-state index in [2.05, 4.69) is 10.6 Å². The van der Waals surface area contributed by atoms with Crippen LogP contribution in [0.4, 0.5) is 11.4 Å². The van der Waals surface area contributed by atoms with E-state index in [1.807, 2.05) is 20.8 Å². The number of benzene rings is 1. The average Bonchev–Trinajstić information content (AvgIpc) is 2.38. The van der Waals surface area contributed by atoms with Crippen LogP contribution in [0.1, 0.15) is 34.6 Å². The van der Waals surface area contributed by atoms with Gasteiger partial charge in [-0.15, -0.1) is 0 Å². The molecule has 4 N–H and O–H groups in total. The molecular formula is C16H25N3O2. The lowest BCUT2D eigenvalue weighted by molar-refractivity contribution is -0.123. The Hall–Kier alpha value is -1.88. The van der Waals surface area contributed by atoms with Gasteiger partial charge in [-0.2, -0.15) is 0 Å². The van der Waals surface area contributed by atoms with Crippen molar-refractivity contribution in [2.45, 2.75) is 40.7 Å². The summed E-state index contributed by atoms with van der Waals surface area (Å²) in [6, 6.07) is 6.83. The fourth-order valence-electron chi connectivity index (χ4n) is 1.45. The van der Waals surface area contributed by atoms with Gasteiger partial charge >= 0.3 is 0 Å². The van der Waals surface area contributed by atoms with Gasteiger partial charge < -0.3 is 16.4 Å². The van der Waals surface area contributed by atoms with Crippen LogP contribution in [0.25, 0.3) is 0 Å². The van der Waals surface area contributed by atoms with Crippen molar-refractivity contribution in [2.24, 2.45) is 17.1 Å². The molecule has 0 aliphatic carbocycles. The van der Waals surface area contributed by atoms with E-state index >= 15 is 0 Å². The summed E-state index contributed by atoms with van der Waals surface area (Å²) in [7, 11) is 0. The third-order valence-corrected chi connectivity index (χ3v) is 3.29. The molecule has 0 bridgehead atoms. The number of nitrogens with two attached hydrogens (primary N) is 1. The lowest BCUT2D eigenvalue weighted by atomic mass is 9.95. The van der Waals surface area contributed by atoms with Crippen LogP contribution >= 0.6 is 0 Å². The smallest absolute Gasteiger partial charge is 0.229 e. The van der Waals surface area contributed by atoms with Crippen molar-refractivity contribution in [3.63, 3.8) is 0 Å². The van der Waals surface area contributed by atoms with Crippen molar-refractivity contribution >= 4 is 23.2 Å². The molecule has 116 valence electrons. The van der Waals surface area contributed by atoms with Gasteiger partial charge in [0.2, 0.25) is 11.8 Å². The molecule has 2 atom stereocenters. The first-order valence-corrected chi connectivity index (χ1v) is 7.09. The van der Waals surface area contributed by atoms with Crippen molar-refractivity contribution in [2.75, 3.05) is 10.6 Å². The number of nitrogens with one attached hydrogen (secondary N) is 2. The van der Waals surface area contributed by atoms with Gasteiger partial charge in [0.15, 0.2) is 0 Å². The third-order valence-electron chi connectivity index (χ3n) is 3.29. The van der Waals surface area contributed by atoms with E-state index in [1.54, 1.807) is 38.1 Å². The van der Waals surface area contributed by atoms with Crippen LogP contribution < -0.4 is 16.4 Å². The predicted molar refractivity (Wildman–Crippen MR) is 86.0 cm³/mol. The van der Waals surface area contributed by atoms with Gasteiger partial charge in [0.05, 0.1) is 5.92 Å². The standard InChI is InChI=1S/C16H25N3O2/c1-10(11(2)17)14(20)18-12-6-8-13(9-7-12)19-15(21)16(3,4)5/h6-11H,17H2,1-5H3,(H,18,20)(H,19,21). The third kappa shape index (κ3) is 5.19. The SMILES string of the molecule is CC(N)C(C)C(=O)Nc1ccc(NC(=O)C(C)(C)C)cc1. The lowest BCUT2D eigenvalue weighted by Gasteiger charge is -2.18. The maximum absolute atomic E-state index is 11.9. The van der Waals surface area contributed by atoms with Crippen LogP contribution in [0.15, 0.2) is 24.3 Å². The Morgan fingerprint density at radius 1 is 1.00 bits per heavy atom. The molecule has 0 aromatic heterocycles. The van der Waals surface area contributed by atoms with E-state index in [0.29, 0.717) is 11.4 Å². The molecule has 0 aliphatic heterocycles. The van der Waals surface area contributed by atoms with Crippen LogP contribution in [0.3, 0.4) is 0 Å². The summed E-state index contributed by atoms with van der Waals surface area (Å²) >= 11 is 0. The summed E-state index contributed by atoms with van der Waals surface area (Å²) in [6.45, 7) is 9.15. The van der Waals surface area contributed by atoms with E-state index in [1.165, 1.54) is 0 Å². The Balaban J connectivity index is 2.67. The van der Waals surface area contributed by atoms with E-state index in [9.17, 15) is 9.59 Å². The molecule has 0 saturated carbocycles. The molecule has 1 aromatic carbocycles. The summed E-state index contributed by atoms with van der Waals surface area (Å²) < 4.78 is 0. The zero-order valence-corrected chi connectivity index (χ0v) is 13.4. The van der Waals surface area contributed by atoms with Crippen LogP contribution in [0.5, 0.6) is 0 Å². The first-order chi connectivity index (χ1) is 9.61. The molecule has 2 amide bonds. The van der Waals surface area contributed by atoms with Crippen LogP contribution in [0, 0.1) is 11.3 Å². The normalized spacial score (nSPS) is 14.2. The fourth-order valence-corrected chi connectivity index (χ4v) is 1.45. The molecule has 2 unspecified atom stereocenters. The van der Waals surface area contributed by atoms with E-state index in [4.69, 9.17) is 5.73 Å². The van der Waals surface area contributed by atoms with Gasteiger partial charge in [0.25, 0.3) is 0 Å². The van der Waals surface area contributed by atoms with E-state index in [-0.39, 0.29) is 23.8 Å². The lowest BCUT2D eigenvalue weighted by Crippen LogP contribution is -2.34. The molecule has 5 heteroatoms. The quantitative estimate of drug-likeness (QED) is 0.797. The summed E-state index contributed by atoms with van der Waals surface area (Å²) in [5.74, 6) is -0.424. The number of hydrogen-bond donors (Lipinski definition) is 3. The summed E-state index contributed by atoms with van der Waals surface area (Å²) in [5, 5.41) is 5.63. The second kappa shape index (κ2) is 6.72. The molecule has 0 heterocycles. The van der Waals surface area contributed by atoms with Gasteiger partial charge in [-0.05, 0) is 31.2 Å². The second-order valence-corrected chi connectivity index (χ2v) is 6.42. The number of hydrogen-bond acceptors (Lipinski definition) is 3. The molecule has 1 aromatic rings. The maximum atomic E-state index is 11.9. The Bertz CT molecular complexity index is 501. The number of carbonyl (C=O) groups is 2. The summed E-state index contributed by atoms with van der Waals surface area (Å²) in [5.41, 5.74) is 6.64. The zero-order valence-electron chi connectivity index (χ0n) is 13.4. The molecule has 5 nitrogen and oxygen atoms in total. The van der Waals surface area contributed by atoms with Gasteiger partial charge in [0.1, 0.15) is 0 Å². The number of carbonyl (C=O) groups excluding carboxylic acids is 2. The molecule has 1 rings (SSSR count). The summed E-state index contributed by atoms with van der Waals surface area (Å²) in [4.78, 5) is 23.8. The minimum atomic E-state index is -0.445. The van der Waals surface area contributed by atoms with Crippen molar-refractivity contribution < 1.29 is 9.59 Å². The molecule has 21 heavy (non-hydrogen) atoms. The largest absolute Gasteiger partial charge is 0.327 e. The van der Waals surface area contributed by atoms with Crippen molar-refractivity contribution in [3.05, 3.63) is 24.3 Å². The molecule has 0 radical (unpaired) electrons. The molecule has 0 aliphatic rings. The Morgan fingerprint density at radius 3 is 1.81 bits per heavy atom. The molecule has 0 spiro atoms. The van der Waals surface area contributed by atoms with Crippen LogP contribution in [-0.2, 0) is 9.59 Å². The highest BCUT2D eigenvalue weighted by Crippen LogP contribution is 2.19. The minimum absolute atomic E-state index is 0.0511. The van der Waals surface area contributed by atoms with Gasteiger partial charge in [-0.25, -0.2) is 0 Å². The Kier molecular flexibility index (Phi) is 5.49. The van der Waals surface area contributed by atoms with Gasteiger partial charge in [0, 0.05) is 22.8 Å².